The van der Waals surface area contributed by atoms with Crippen molar-refractivity contribution in [3.05, 3.63) is 137 Å². The van der Waals surface area contributed by atoms with Crippen LogP contribution in [-0.2, 0) is 0 Å². The lowest BCUT2D eigenvalue weighted by atomic mass is 9.97. The maximum atomic E-state index is 9.50. The summed E-state index contributed by atoms with van der Waals surface area (Å²) in [5.74, 6) is 0. The fourth-order valence-corrected chi connectivity index (χ4v) is 5.03. The molecule has 0 N–H and O–H groups in total. The molecule has 0 fully saturated rings. The van der Waals surface area contributed by atoms with Crippen molar-refractivity contribution in [2.45, 2.75) is 0 Å². The number of hydrogen-bond acceptors (Lipinski definition) is 2. The van der Waals surface area contributed by atoms with E-state index in [1.54, 1.807) is 18.2 Å². The molecule has 1 heterocycles. The minimum absolute atomic E-state index is 0.501. The SMILES string of the molecule is [C-]#[N+]c1cc(-c2cccc(-c3cccc(C#N)c3)c2)cc(-n2c3ccc(C#N)cc3c3cc([N+]#[C-])ccc32)c1. The lowest BCUT2D eigenvalue weighted by Crippen LogP contribution is -1.94. The molecule has 1 aromatic heterocycles. The van der Waals surface area contributed by atoms with E-state index in [1.807, 2.05) is 72.8 Å². The van der Waals surface area contributed by atoms with Crippen molar-refractivity contribution in [1.82, 2.24) is 4.57 Å². The van der Waals surface area contributed by atoms with Crippen LogP contribution in [0.3, 0.4) is 0 Å². The average molecular weight is 496 g/mol. The Kier molecular flexibility index (Phi) is 5.60. The Morgan fingerprint density at radius 2 is 1.15 bits per heavy atom. The van der Waals surface area contributed by atoms with Gasteiger partial charge in [0, 0.05) is 11.1 Å². The first-order valence-corrected chi connectivity index (χ1v) is 12.1. The summed E-state index contributed by atoms with van der Waals surface area (Å²) >= 11 is 0. The second-order valence-electron chi connectivity index (χ2n) is 9.12. The largest absolute Gasteiger partial charge is 0.311 e. The number of nitrogens with zero attached hydrogens (tertiary/aromatic N) is 5. The fraction of sp³-hybridized carbons (Fsp3) is 0. The van der Waals surface area contributed by atoms with Gasteiger partial charge in [0.1, 0.15) is 0 Å². The van der Waals surface area contributed by atoms with E-state index >= 15 is 0 Å². The highest BCUT2D eigenvalue weighted by Crippen LogP contribution is 2.38. The molecule has 0 aliphatic carbocycles. The number of nitriles is 2. The van der Waals surface area contributed by atoms with Crippen LogP contribution in [0, 0.1) is 35.8 Å². The van der Waals surface area contributed by atoms with Gasteiger partial charge >= 0.3 is 0 Å². The summed E-state index contributed by atoms with van der Waals surface area (Å²) in [4.78, 5) is 7.36. The molecule has 0 atom stereocenters. The minimum atomic E-state index is 0.501. The standard InChI is InChI=1S/C34H17N5/c1-37-28-10-12-34-32(19-28)31-14-23(21-36)9-11-33(31)39(34)30-17-27(16-29(18-30)38-2)26-8-4-7-25(15-26)24-6-3-5-22(13-24)20-35/h3-19H. The zero-order valence-corrected chi connectivity index (χ0v) is 20.6. The average Bonchev–Trinajstić information content (AvgIpc) is 3.33. The smallest absolute Gasteiger partial charge is 0.189 e. The molecule has 0 bridgehead atoms. The summed E-state index contributed by atoms with van der Waals surface area (Å²) in [5, 5.41) is 20.6. The van der Waals surface area contributed by atoms with Crippen LogP contribution in [0.5, 0.6) is 0 Å². The Morgan fingerprint density at radius 1 is 0.538 bits per heavy atom. The number of hydrogen-bond donors (Lipinski definition) is 0. The zero-order valence-electron chi connectivity index (χ0n) is 20.6. The second-order valence-corrected chi connectivity index (χ2v) is 9.12. The van der Waals surface area contributed by atoms with Crippen LogP contribution >= 0.6 is 0 Å². The predicted molar refractivity (Wildman–Crippen MR) is 154 cm³/mol. The molecule has 0 amide bonds. The zero-order chi connectivity index (χ0) is 26.9. The third-order valence-corrected chi connectivity index (χ3v) is 6.82. The number of benzene rings is 5. The number of aromatic nitrogens is 1. The van der Waals surface area contributed by atoms with Gasteiger partial charge in [0.25, 0.3) is 0 Å². The van der Waals surface area contributed by atoms with Crippen molar-refractivity contribution in [3.8, 4) is 40.1 Å². The molecule has 0 radical (unpaired) electrons. The Bertz CT molecular complexity index is 2050. The van der Waals surface area contributed by atoms with Crippen molar-refractivity contribution < 1.29 is 0 Å². The van der Waals surface area contributed by atoms with Crippen LogP contribution in [-0.4, -0.2) is 4.57 Å². The molecular formula is C34H17N5. The summed E-state index contributed by atoms with van der Waals surface area (Å²) in [5.41, 5.74) is 8.53. The molecule has 0 aliphatic rings. The molecule has 0 unspecified atom stereocenters. The number of rotatable bonds is 3. The van der Waals surface area contributed by atoms with E-state index in [0.717, 1.165) is 49.7 Å². The minimum Gasteiger partial charge on any atom is -0.311 e. The van der Waals surface area contributed by atoms with E-state index < -0.39 is 0 Å². The van der Waals surface area contributed by atoms with Crippen LogP contribution in [0.15, 0.2) is 103 Å². The summed E-state index contributed by atoms with van der Waals surface area (Å²) in [6.07, 6.45) is 0. The van der Waals surface area contributed by atoms with Gasteiger partial charge in [-0.3, -0.25) is 0 Å². The van der Waals surface area contributed by atoms with E-state index in [1.165, 1.54) is 0 Å². The van der Waals surface area contributed by atoms with Crippen molar-refractivity contribution in [1.29, 1.82) is 10.5 Å². The molecule has 5 nitrogen and oxygen atoms in total. The topological polar surface area (TPSA) is 61.2 Å². The van der Waals surface area contributed by atoms with Crippen LogP contribution in [0.2, 0.25) is 0 Å². The van der Waals surface area contributed by atoms with E-state index in [4.69, 9.17) is 13.1 Å². The van der Waals surface area contributed by atoms with E-state index in [0.29, 0.717) is 22.5 Å². The summed E-state index contributed by atoms with van der Waals surface area (Å²) in [6.45, 7) is 15.3. The van der Waals surface area contributed by atoms with Gasteiger partial charge in [-0.05, 0) is 94.4 Å². The molecule has 178 valence electrons. The van der Waals surface area contributed by atoms with Gasteiger partial charge < -0.3 is 4.57 Å². The van der Waals surface area contributed by atoms with E-state index in [9.17, 15) is 10.5 Å². The highest BCUT2D eigenvalue weighted by Gasteiger charge is 2.15. The highest BCUT2D eigenvalue weighted by molar-refractivity contribution is 6.10. The molecular weight excluding hydrogens is 478 g/mol. The van der Waals surface area contributed by atoms with Gasteiger partial charge in [0.2, 0.25) is 0 Å². The number of fused-ring (bicyclic) bond motifs is 3. The first kappa shape index (κ1) is 23.3. The lowest BCUT2D eigenvalue weighted by molar-refractivity contribution is 1.18. The summed E-state index contributed by atoms with van der Waals surface area (Å²) < 4.78 is 2.08. The van der Waals surface area contributed by atoms with E-state index in [-0.39, 0.29) is 0 Å². The van der Waals surface area contributed by atoms with Gasteiger partial charge in [0.15, 0.2) is 11.4 Å². The second kappa shape index (κ2) is 9.38. The van der Waals surface area contributed by atoms with E-state index in [2.05, 4.69) is 38.5 Å². The maximum absolute atomic E-state index is 9.50. The maximum Gasteiger partial charge on any atom is 0.189 e. The highest BCUT2D eigenvalue weighted by atomic mass is 15.0. The fourth-order valence-electron chi connectivity index (χ4n) is 5.03. The molecule has 0 spiro atoms. The van der Waals surface area contributed by atoms with Crippen LogP contribution in [0.1, 0.15) is 11.1 Å². The Hall–Kier alpha value is -6.14. The molecule has 0 aliphatic heterocycles. The Morgan fingerprint density at radius 3 is 1.87 bits per heavy atom. The first-order valence-electron chi connectivity index (χ1n) is 12.1. The lowest BCUT2D eigenvalue weighted by Gasteiger charge is -2.13. The van der Waals surface area contributed by atoms with Crippen LogP contribution in [0.25, 0.3) is 59.4 Å². The molecule has 0 saturated heterocycles. The third kappa shape index (κ3) is 4.04. The summed E-state index contributed by atoms with van der Waals surface area (Å²) in [6, 6.07) is 36.9. The molecule has 0 saturated carbocycles. The summed E-state index contributed by atoms with van der Waals surface area (Å²) in [7, 11) is 0. The molecule has 6 aromatic rings. The van der Waals surface area contributed by atoms with Gasteiger partial charge in [-0.25, -0.2) is 9.69 Å². The van der Waals surface area contributed by atoms with Crippen molar-refractivity contribution in [2.75, 3.05) is 0 Å². The quantitative estimate of drug-likeness (QED) is 0.230. The van der Waals surface area contributed by atoms with Crippen LogP contribution in [0.4, 0.5) is 11.4 Å². The van der Waals surface area contributed by atoms with Crippen molar-refractivity contribution >= 4 is 33.2 Å². The molecule has 5 aromatic carbocycles. The third-order valence-electron chi connectivity index (χ3n) is 6.82. The Balaban J connectivity index is 1.58. The monoisotopic (exact) mass is 495 g/mol. The molecule has 5 heteroatoms. The van der Waals surface area contributed by atoms with Gasteiger partial charge in [-0.2, -0.15) is 10.5 Å². The van der Waals surface area contributed by atoms with Crippen molar-refractivity contribution in [2.24, 2.45) is 0 Å². The van der Waals surface area contributed by atoms with Crippen LogP contribution < -0.4 is 0 Å². The molecule has 6 rings (SSSR count). The normalized spacial score (nSPS) is 10.5. The van der Waals surface area contributed by atoms with Gasteiger partial charge in [-0.1, -0.05) is 36.4 Å². The Labute approximate surface area is 225 Å². The molecule has 39 heavy (non-hydrogen) atoms. The van der Waals surface area contributed by atoms with Gasteiger partial charge in [0.05, 0.1) is 47.4 Å². The van der Waals surface area contributed by atoms with Crippen molar-refractivity contribution in [3.63, 3.8) is 0 Å². The van der Waals surface area contributed by atoms with Gasteiger partial charge in [-0.15, -0.1) is 0 Å². The first-order chi connectivity index (χ1) is 19.1. The predicted octanol–water partition coefficient (Wildman–Crippen LogP) is 8.96.